The van der Waals surface area contributed by atoms with Crippen molar-refractivity contribution in [3.8, 4) is 0 Å². The number of rotatable bonds is 5. The zero-order valence-electron chi connectivity index (χ0n) is 12.9. The maximum Gasteiger partial charge on any atom is 0.424 e. The first-order valence-corrected chi connectivity index (χ1v) is 7.54. The number of amides is 1. The van der Waals surface area contributed by atoms with E-state index in [0.29, 0.717) is 6.42 Å². The van der Waals surface area contributed by atoms with Crippen molar-refractivity contribution in [1.82, 2.24) is 20.2 Å². The predicted octanol–water partition coefficient (Wildman–Crippen LogP) is 0.818. The van der Waals surface area contributed by atoms with Gasteiger partial charge in [0.05, 0.1) is 6.04 Å². The lowest BCUT2D eigenvalue weighted by Crippen LogP contribution is -2.50. The molecule has 2 atom stereocenters. The number of aliphatic hydroxyl groups is 1. The van der Waals surface area contributed by atoms with Crippen molar-refractivity contribution < 1.29 is 23.1 Å². The van der Waals surface area contributed by atoms with Gasteiger partial charge in [-0.1, -0.05) is 6.42 Å². The Morgan fingerprint density at radius 1 is 1.52 bits per heavy atom. The average molecular weight is 334 g/mol. The molecule has 23 heavy (non-hydrogen) atoms. The molecular weight excluding hydrogens is 313 g/mol. The number of imidazole rings is 1. The van der Waals surface area contributed by atoms with Crippen LogP contribution in [0.15, 0.2) is 12.4 Å². The fraction of sp³-hybridized carbons (Fsp3) is 0.714. The highest BCUT2D eigenvalue weighted by molar-refractivity contribution is 5.81. The molecule has 0 unspecified atom stereocenters. The molecule has 1 aromatic rings. The van der Waals surface area contributed by atoms with Gasteiger partial charge in [0.1, 0.15) is 5.82 Å². The van der Waals surface area contributed by atoms with Gasteiger partial charge in [-0.3, -0.25) is 4.79 Å². The molecule has 9 heteroatoms. The lowest BCUT2D eigenvalue weighted by atomic mass is 9.97. The number of halogens is 3. The van der Waals surface area contributed by atoms with Crippen LogP contribution in [0, 0.1) is 0 Å². The minimum Gasteiger partial charge on any atom is -0.374 e. The zero-order chi connectivity index (χ0) is 17.1. The van der Waals surface area contributed by atoms with E-state index in [0.717, 1.165) is 24.0 Å². The van der Waals surface area contributed by atoms with Crippen LogP contribution in [0.25, 0.3) is 0 Å². The van der Waals surface area contributed by atoms with Crippen LogP contribution in [0.5, 0.6) is 0 Å². The summed E-state index contributed by atoms with van der Waals surface area (Å²) in [4.78, 5) is 15.5. The molecule has 2 rings (SSSR count). The Morgan fingerprint density at radius 3 is 2.78 bits per heavy atom. The summed E-state index contributed by atoms with van der Waals surface area (Å²) in [6, 6.07) is -0.379. The van der Waals surface area contributed by atoms with Gasteiger partial charge >= 0.3 is 6.18 Å². The number of nitrogens with one attached hydrogen (secondary N) is 2. The first-order valence-electron chi connectivity index (χ1n) is 7.54. The van der Waals surface area contributed by atoms with Crippen LogP contribution in [0.1, 0.15) is 31.5 Å². The maximum atomic E-state index is 13.3. The highest BCUT2D eigenvalue weighted by Crippen LogP contribution is 2.40. The van der Waals surface area contributed by atoms with Crippen LogP contribution in [-0.4, -0.2) is 45.9 Å². The molecule has 3 N–H and O–H groups in total. The maximum absolute atomic E-state index is 13.3. The van der Waals surface area contributed by atoms with Gasteiger partial charge in [-0.2, -0.15) is 13.2 Å². The summed E-state index contributed by atoms with van der Waals surface area (Å²) < 4.78 is 41.0. The molecule has 0 aliphatic carbocycles. The average Bonchev–Trinajstić information content (AvgIpc) is 2.93. The Kier molecular flexibility index (Phi) is 5.30. The first-order chi connectivity index (χ1) is 10.8. The monoisotopic (exact) mass is 334 g/mol. The van der Waals surface area contributed by atoms with E-state index in [1.54, 1.807) is 0 Å². The van der Waals surface area contributed by atoms with E-state index in [2.05, 4.69) is 15.6 Å². The van der Waals surface area contributed by atoms with Gasteiger partial charge in [0.15, 0.2) is 0 Å². The van der Waals surface area contributed by atoms with Crippen LogP contribution in [0.3, 0.4) is 0 Å². The molecule has 2 heterocycles. The molecule has 0 bridgehead atoms. The lowest BCUT2D eigenvalue weighted by molar-refractivity contribution is -0.272. The summed E-state index contributed by atoms with van der Waals surface area (Å²) in [6.07, 6.45) is -0.511. The van der Waals surface area contributed by atoms with E-state index in [4.69, 9.17) is 0 Å². The second-order valence-corrected chi connectivity index (χ2v) is 5.76. The summed E-state index contributed by atoms with van der Waals surface area (Å²) in [6.45, 7) is 0.428. The van der Waals surface area contributed by atoms with Crippen LogP contribution in [-0.2, 0) is 17.4 Å². The van der Waals surface area contributed by atoms with Gasteiger partial charge in [0.2, 0.25) is 11.5 Å². The molecule has 1 aliphatic rings. The molecule has 1 aromatic heterocycles. The summed E-state index contributed by atoms with van der Waals surface area (Å²) in [5.74, 6) is -0.830. The SMILES string of the molecule is Cn1ccnc1[C@](O)(CCNC(=O)[C@@H]1CCCCN1)C(F)(F)F. The smallest absolute Gasteiger partial charge is 0.374 e. The fourth-order valence-corrected chi connectivity index (χ4v) is 2.71. The van der Waals surface area contributed by atoms with Crippen molar-refractivity contribution in [1.29, 1.82) is 0 Å². The van der Waals surface area contributed by atoms with Gasteiger partial charge in [-0.15, -0.1) is 0 Å². The van der Waals surface area contributed by atoms with Gasteiger partial charge in [-0.25, -0.2) is 4.98 Å². The minimum atomic E-state index is -4.89. The first kappa shape index (κ1) is 17.7. The fourth-order valence-electron chi connectivity index (χ4n) is 2.71. The van der Waals surface area contributed by atoms with Crippen molar-refractivity contribution >= 4 is 5.91 Å². The van der Waals surface area contributed by atoms with E-state index in [1.165, 1.54) is 19.4 Å². The molecule has 1 saturated heterocycles. The molecule has 0 radical (unpaired) electrons. The molecule has 130 valence electrons. The number of aromatic nitrogens is 2. The van der Waals surface area contributed by atoms with Gasteiger partial charge in [0.25, 0.3) is 0 Å². The summed E-state index contributed by atoms with van der Waals surface area (Å²) in [7, 11) is 1.38. The Bertz CT molecular complexity index is 540. The number of piperidine rings is 1. The minimum absolute atomic E-state index is 0.292. The normalized spacial score (nSPS) is 21.7. The Morgan fingerprint density at radius 2 is 2.26 bits per heavy atom. The summed E-state index contributed by atoms with van der Waals surface area (Å²) >= 11 is 0. The van der Waals surface area contributed by atoms with E-state index in [9.17, 15) is 23.1 Å². The summed E-state index contributed by atoms with van der Waals surface area (Å²) in [5, 5.41) is 15.6. The quantitative estimate of drug-likeness (QED) is 0.745. The number of carbonyl (C=O) groups excluding carboxylic acids is 1. The van der Waals surface area contributed by atoms with Crippen molar-refractivity contribution in [3.63, 3.8) is 0 Å². The lowest BCUT2D eigenvalue weighted by Gasteiger charge is -2.30. The van der Waals surface area contributed by atoms with Crippen molar-refractivity contribution in [2.24, 2.45) is 7.05 Å². The molecule has 0 saturated carbocycles. The Balaban J connectivity index is 2.00. The van der Waals surface area contributed by atoms with Crippen molar-refractivity contribution in [2.45, 2.75) is 43.5 Å². The van der Waals surface area contributed by atoms with Crippen LogP contribution >= 0.6 is 0 Å². The molecule has 1 aliphatic heterocycles. The predicted molar refractivity (Wildman–Crippen MR) is 76.4 cm³/mol. The van der Waals surface area contributed by atoms with Gasteiger partial charge in [-0.05, 0) is 19.4 Å². The third-order valence-corrected chi connectivity index (χ3v) is 4.07. The highest BCUT2D eigenvalue weighted by Gasteiger charge is 2.57. The van der Waals surface area contributed by atoms with Crippen molar-refractivity contribution in [2.75, 3.05) is 13.1 Å². The second-order valence-electron chi connectivity index (χ2n) is 5.76. The molecule has 0 aromatic carbocycles. The van der Waals surface area contributed by atoms with Crippen LogP contribution in [0.4, 0.5) is 13.2 Å². The Hall–Kier alpha value is -1.61. The molecule has 1 amide bonds. The largest absolute Gasteiger partial charge is 0.424 e. The molecule has 6 nitrogen and oxygen atoms in total. The molecule has 0 spiro atoms. The zero-order valence-corrected chi connectivity index (χ0v) is 12.9. The van der Waals surface area contributed by atoms with Crippen LogP contribution in [0.2, 0.25) is 0 Å². The van der Waals surface area contributed by atoms with Crippen LogP contribution < -0.4 is 10.6 Å². The van der Waals surface area contributed by atoms with E-state index in [1.807, 2.05) is 0 Å². The van der Waals surface area contributed by atoms with Gasteiger partial charge in [0, 0.05) is 32.4 Å². The van der Waals surface area contributed by atoms with E-state index < -0.39 is 24.0 Å². The van der Waals surface area contributed by atoms with Gasteiger partial charge < -0.3 is 20.3 Å². The standard InChI is InChI=1S/C14H21F3N4O2/c1-21-9-8-20-12(21)13(23,14(15,16)17)5-7-19-11(22)10-4-2-3-6-18-10/h8-10,18,23H,2-7H2,1H3,(H,19,22)/t10-,13+/m0/s1. The number of carbonyl (C=O) groups is 1. The van der Waals surface area contributed by atoms with E-state index in [-0.39, 0.29) is 18.5 Å². The number of alkyl halides is 3. The number of aryl methyl sites for hydroxylation is 1. The number of hydrogen-bond acceptors (Lipinski definition) is 4. The third-order valence-electron chi connectivity index (χ3n) is 4.07. The van der Waals surface area contributed by atoms with E-state index >= 15 is 0 Å². The topological polar surface area (TPSA) is 79.2 Å². The summed E-state index contributed by atoms with van der Waals surface area (Å²) in [5.41, 5.74) is -3.10. The number of hydrogen-bond donors (Lipinski definition) is 3. The van der Waals surface area contributed by atoms with Crippen molar-refractivity contribution in [3.05, 3.63) is 18.2 Å². The second kappa shape index (κ2) is 6.88. The molecular formula is C14H21F3N4O2. The number of nitrogens with zero attached hydrogens (tertiary/aromatic N) is 2. The Labute approximate surface area is 132 Å². The molecule has 1 fully saturated rings. The highest BCUT2D eigenvalue weighted by atomic mass is 19.4. The third kappa shape index (κ3) is 3.84.